The number of rotatable bonds is 4. The van der Waals surface area contributed by atoms with Crippen LogP contribution >= 0.6 is 11.6 Å². The van der Waals surface area contributed by atoms with Gasteiger partial charge in [0.15, 0.2) is 0 Å². The molecule has 1 aliphatic heterocycles. The Kier molecular flexibility index (Phi) is 4.24. The van der Waals surface area contributed by atoms with Crippen molar-refractivity contribution >= 4 is 11.6 Å². The molecule has 2 aromatic rings. The summed E-state index contributed by atoms with van der Waals surface area (Å²) in [5.41, 5.74) is 2.66. The Morgan fingerprint density at radius 2 is 1.90 bits per heavy atom. The smallest absolute Gasteiger partial charge is 0.119 e. The number of halogens is 1. The summed E-state index contributed by atoms with van der Waals surface area (Å²) in [7, 11) is 0. The van der Waals surface area contributed by atoms with Crippen molar-refractivity contribution in [2.45, 2.75) is 13.0 Å². The molecule has 2 aromatic carbocycles. The van der Waals surface area contributed by atoms with Crippen molar-refractivity contribution in [2.24, 2.45) is 0 Å². The van der Waals surface area contributed by atoms with Crippen LogP contribution in [0.5, 0.6) is 5.75 Å². The fourth-order valence-corrected chi connectivity index (χ4v) is 2.91. The monoisotopic (exact) mass is 287 g/mol. The molecule has 0 spiro atoms. The first-order valence-corrected chi connectivity index (χ1v) is 7.37. The molecule has 0 N–H and O–H groups in total. The number of para-hydroxylation sites is 1. The van der Waals surface area contributed by atoms with Gasteiger partial charge in [0, 0.05) is 24.7 Å². The quantitative estimate of drug-likeness (QED) is 0.848. The third kappa shape index (κ3) is 3.14. The molecular formula is C17H18ClNO. The van der Waals surface area contributed by atoms with E-state index in [1.54, 1.807) is 0 Å². The van der Waals surface area contributed by atoms with Crippen LogP contribution in [-0.2, 0) is 13.0 Å². The minimum Gasteiger partial charge on any atom is -0.492 e. The van der Waals surface area contributed by atoms with Gasteiger partial charge in [-0.25, -0.2) is 0 Å². The number of benzene rings is 2. The Bertz CT molecular complexity index is 570. The van der Waals surface area contributed by atoms with Gasteiger partial charge in [0.1, 0.15) is 12.4 Å². The van der Waals surface area contributed by atoms with Crippen LogP contribution in [0.1, 0.15) is 11.1 Å². The van der Waals surface area contributed by atoms with Gasteiger partial charge in [0.05, 0.1) is 0 Å². The van der Waals surface area contributed by atoms with Gasteiger partial charge < -0.3 is 4.74 Å². The maximum Gasteiger partial charge on any atom is 0.119 e. The van der Waals surface area contributed by atoms with Crippen LogP contribution in [0.2, 0.25) is 5.02 Å². The molecule has 0 fully saturated rings. The first-order valence-electron chi connectivity index (χ1n) is 6.99. The Balaban J connectivity index is 1.53. The van der Waals surface area contributed by atoms with Gasteiger partial charge >= 0.3 is 0 Å². The molecule has 0 amide bonds. The molecular weight excluding hydrogens is 270 g/mol. The van der Waals surface area contributed by atoms with Crippen molar-refractivity contribution in [2.75, 3.05) is 19.7 Å². The lowest BCUT2D eigenvalue weighted by Crippen LogP contribution is -2.33. The molecule has 0 atom stereocenters. The van der Waals surface area contributed by atoms with E-state index in [2.05, 4.69) is 11.0 Å². The van der Waals surface area contributed by atoms with Gasteiger partial charge in [-0.2, -0.15) is 0 Å². The maximum absolute atomic E-state index is 6.23. The van der Waals surface area contributed by atoms with Crippen molar-refractivity contribution < 1.29 is 4.74 Å². The molecule has 3 heteroatoms. The van der Waals surface area contributed by atoms with Gasteiger partial charge in [-0.15, -0.1) is 0 Å². The lowest BCUT2D eigenvalue weighted by molar-refractivity contribution is 0.196. The lowest BCUT2D eigenvalue weighted by Gasteiger charge is -2.29. The maximum atomic E-state index is 6.23. The Morgan fingerprint density at radius 3 is 2.75 bits per heavy atom. The topological polar surface area (TPSA) is 12.5 Å². The van der Waals surface area contributed by atoms with Crippen molar-refractivity contribution in [3.05, 3.63) is 64.7 Å². The Labute approximate surface area is 124 Å². The SMILES string of the molecule is Clc1cccc2c1CCN(CCOc1ccccc1)C2. The lowest BCUT2D eigenvalue weighted by atomic mass is 10.00. The average Bonchev–Trinajstić information content (AvgIpc) is 2.48. The summed E-state index contributed by atoms with van der Waals surface area (Å²) < 4.78 is 5.75. The van der Waals surface area contributed by atoms with Gasteiger partial charge in [0.25, 0.3) is 0 Å². The summed E-state index contributed by atoms with van der Waals surface area (Å²) in [6.45, 7) is 3.68. The largest absolute Gasteiger partial charge is 0.492 e. The first-order chi connectivity index (χ1) is 9.83. The van der Waals surface area contributed by atoms with Crippen molar-refractivity contribution in [3.63, 3.8) is 0 Å². The Hall–Kier alpha value is -1.51. The Morgan fingerprint density at radius 1 is 1.05 bits per heavy atom. The van der Waals surface area contributed by atoms with E-state index in [0.29, 0.717) is 0 Å². The van der Waals surface area contributed by atoms with Crippen LogP contribution < -0.4 is 4.74 Å². The second-order valence-electron chi connectivity index (χ2n) is 5.07. The van der Waals surface area contributed by atoms with E-state index in [-0.39, 0.29) is 0 Å². The summed E-state index contributed by atoms with van der Waals surface area (Å²) in [6.07, 6.45) is 1.03. The van der Waals surface area contributed by atoms with Crippen LogP contribution in [-0.4, -0.2) is 24.6 Å². The van der Waals surface area contributed by atoms with Crippen LogP contribution in [0.15, 0.2) is 48.5 Å². The predicted octanol–water partition coefficient (Wildman–Crippen LogP) is 3.78. The highest BCUT2D eigenvalue weighted by molar-refractivity contribution is 6.31. The van der Waals surface area contributed by atoms with Crippen LogP contribution in [0, 0.1) is 0 Å². The fraction of sp³-hybridized carbons (Fsp3) is 0.294. The molecule has 0 unspecified atom stereocenters. The third-order valence-electron chi connectivity index (χ3n) is 3.71. The van der Waals surface area contributed by atoms with Crippen molar-refractivity contribution in [1.82, 2.24) is 4.90 Å². The van der Waals surface area contributed by atoms with E-state index in [9.17, 15) is 0 Å². The standard InChI is InChI=1S/C17H18ClNO/c18-17-8-4-5-14-13-19(10-9-16(14)17)11-12-20-15-6-2-1-3-7-15/h1-8H,9-13H2. The number of hydrogen-bond donors (Lipinski definition) is 0. The third-order valence-corrected chi connectivity index (χ3v) is 4.06. The molecule has 0 saturated carbocycles. The number of nitrogens with zero attached hydrogens (tertiary/aromatic N) is 1. The van der Waals surface area contributed by atoms with E-state index >= 15 is 0 Å². The molecule has 104 valence electrons. The second kappa shape index (κ2) is 6.29. The minimum absolute atomic E-state index is 0.722. The van der Waals surface area contributed by atoms with E-state index in [4.69, 9.17) is 16.3 Å². The number of fused-ring (bicyclic) bond motifs is 1. The van der Waals surface area contributed by atoms with Gasteiger partial charge in [0.2, 0.25) is 0 Å². The molecule has 3 rings (SSSR count). The van der Waals surface area contributed by atoms with Crippen molar-refractivity contribution in [3.8, 4) is 5.75 Å². The molecule has 0 aliphatic carbocycles. The normalized spacial score (nSPS) is 14.8. The van der Waals surface area contributed by atoms with Crippen LogP contribution in [0.4, 0.5) is 0 Å². The molecule has 20 heavy (non-hydrogen) atoms. The molecule has 0 saturated heterocycles. The average molecular weight is 288 g/mol. The van der Waals surface area contributed by atoms with Gasteiger partial charge in [-0.05, 0) is 35.7 Å². The summed E-state index contributed by atoms with van der Waals surface area (Å²) in [4.78, 5) is 2.42. The summed E-state index contributed by atoms with van der Waals surface area (Å²) in [5.74, 6) is 0.938. The van der Waals surface area contributed by atoms with E-state index in [1.165, 1.54) is 11.1 Å². The number of hydrogen-bond acceptors (Lipinski definition) is 2. The minimum atomic E-state index is 0.722. The van der Waals surface area contributed by atoms with E-state index in [0.717, 1.165) is 43.4 Å². The first kappa shape index (κ1) is 13.5. The summed E-state index contributed by atoms with van der Waals surface area (Å²) in [6, 6.07) is 16.2. The number of ether oxygens (including phenoxy) is 1. The highest BCUT2D eigenvalue weighted by atomic mass is 35.5. The van der Waals surface area contributed by atoms with E-state index < -0.39 is 0 Å². The molecule has 1 aliphatic rings. The van der Waals surface area contributed by atoms with Gasteiger partial charge in [-0.1, -0.05) is 41.9 Å². The van der Waals surface area contributed by atoms with Crippen molar-refractivity contribution in [1.29, 1.82) is 0 Å². The molecule has 0 aromatic heterocycles. The van der Waals surface area contributed by atoms with E-state index in [1.807, 2.05) is 42.5 Å². The fourth-order valence-electron chi connectivity index (χ4n) is 2.62. The zero-order valence-electron chi connectivity index (χ0n) is 11.4. The zero-order valence-corrected chi connectivity index (χ0v) is 12.1. The highest BCUT2D eigenvalue weighted by Gasteiger charge is 2.17. The van der Waals surface area contributed by atoms with Gasteiger partial charge in [-0.3, -0.25) is 4.90 Å². The predicted molar refractivity (Wildman–Crippen MR) is 82.4 cm³/mol. The summed E-state index contributed by atoms with van der Waals surface area (Å²) in [5, 5.41) is 0.905. The highest BCUT2D eigenvalue weighted by Crippen LogP contribution is 2.25. The zero-order chi connectivity index (χ0) is 13.8. The summed E-state index contributed by atoms with van der Waals surface area (Å²) >= 11 is 6.23. The molecule has 2 nitrogen and oxygen atoms in total. The molecule has 0 bridgehead atoms. The second-order valence-corrected chi connectivity index (χ2v) is 5.47. The van der Waals surface area contributed by atoms with Crippen LogP contribution in [0.25, 0.3) is 0 Å². The van der Waals surface area contributed by atoms with Crippen LogP contribution in [0.3, 0.4) is 0 Å². The molecule has 1 heterocycles. The molecule has 0 radical (unpaired) electrons.